The summed E-state index contributed by atoms with van der Waals surface area (Å²) in [5.41, 5.74) is 0. The molecule has 0 spiro atoms. The van der Waals surface area contributed by atoms with Gasteiger partial charge in [-0.25, -0.2) is 14.6 Å². The fourth-order valence-corrected chi connectivity index (χ4v) is 2.99. The lowest BCUT2D eigenvalue weighted by Crippen LogP contribution is -2.41. The highest BCUT2D eigenvalue weighted by Crippen LogP contribution is 2.22. The highest BCUT2D eigenvalue weighted by Gasteiger charge is 2.27. The van der Waals surface area contributed by atoms with E-state index in [1.807, 2.05) is 24.4 Å². The van der Waals surface area contributed by atoms with Gasteiger partial charge in [-0.05, 0) is 37.1 Å². The SMILES string of the molecule is O=C(Nc1ncccn1)C1CCCN(c2ccc(-n3cccn3)nn2)C1. The van der Waals surface area contributed by atoms with Crippen molar-refractivity contribution in [3.8, 4) is 5.82 Å². The molecule has 0 aromatic carbocycles. The molecule has 0 saturated carbocycles. The van der Waals surface area contributed by atoms with E-state index >= 15 is 0 Å². The van der Waals surface area contributed by atoms with Gasteiger partial charge in [0.1, 0.15) is 0 Å². The summed E-state index contributed by atoms with van der Waals surface area (Å²) in [5, 5.41) is 15.4. The maximum Gasteiger partial charge on any atom is 0.231 e. The van der Waals surface area contributed by atoms with Crippen LogP contribution in [0.15, 0.2) is 49.1 Å². The Morgan fingerprint density at radius 3 is 2.62 bits per heavy atom. The zero-order valence-electron chi connectivity index (χ0n) is 14.1. The quantitative estimate of drug-likeness (QED) is 0.757. The van der Waals surface area contributed by atoms with E-state index in [9.17, 15) is 4.79 Å². The van der Waals surface area contributed by atoms with Crippen LogP contribution >= 0.6 is 0 Å². The number of carbonyl (C=O) groups is 1. The van der Waals surface area contributed by atoms with Crippen molar-refractivity contribution in [3.05, 3.63) is 49.1 Å². The number of aromatic nitrogens is 6. The summed E-state index contributed by atoms with van der Waals surface area (Å²) >= 11 is 0. The van der Waals surface area contributed by atoms with E-state index in [-0.39, 0.29) is 11.8 Å². The van der Waals surface area contributed by atoms with Gasteiger partial charge in [0.25, 0.3) is 0 Å². The number of hydrogen-bond donors (Lipinski definition) is 1. The number of nitrogens with one attached hydrogen (secondary N) is 1. The highest BCUT2D eigenvalue weighted by molar-refractivity contribution is 5.91. The number of piperidine rings is 1. The largest absolute Gasteiger partial charge is 0.354 e. The fraction of sp³-hybridized carbons (Fsp3) is 0.294. The maximum absolute atomic E-state index is 12.5. The van der Waals surface area contributed by atoms with E-state index in [0.29, 0.717) is 18.3 Å². The number of amides is 1. The first-order chi connectivity index (χ1) is 12.8. The van der Waals surface area contributed by atoms with Crippen molar-refractivity contribution in [1.82, 2.24) is 29.9 Å². The summed E-state index contributed by atoms with van der Waals surface area (Å²) in [7, 11) is 0. The second-order valence-electron chi connectivity index (χ2n) is 6.05. The molecule has 0 bridgehead atoms. The van der Waals surface area contributed by atoms with Crippen LogP contribution < -0.4 is 10.2 Å². The fourth-order valence-electron chi connectivity index (χ4n) is 2.99. The molecule has 1 N–H and O–H groups in total. The minimum absolute atomic E-state index is 0.0676. The molecule has 9 heteroatoms. The molecule has 0 radical (unpaired) electrons. The average molecular weight is 350 g/mol. The lowest BCUT2D eigenvalue weighted by molar-refractivity contribution is -0.120. The molecule has 1 fully saturated rings. The van der Waals surface area contributed by atoms with Gasteiger partial charge in [0.2, 0.25) is 11.9 Å². The van der Waals surface area contributed by atoms with Gasteiger partial charge in [0.15, 0.2) is 11.6 Å². The second-order valence-corrected chi connectivity index (χ2v) is 6.05. The van der Waals surface area contributed by atoms with Crippen molar-refractivity contribution < 1.29 is 4.79 Å². The van der Waals surface area contributed by atoms with Gasteiger partial charge in [-0.3, -0.25) is 10.1 Å². The normalized spacial score (nSPS) is 17.1. The Kier molecular flexibility index (Phi) is 4.50. The summed E-state index contributed by atoms with van der Waals surface area (Å²) in [6, 6.07) is 7.32. The van der Waals surface area contributed by atoms with E-state index < -0.39 is 0 Å². The molecule has 4 heterocycles. The summed E-state index contributed by atoms with van der Waals surface area (Å²) in [5.74, 6) is 1.54. The van der Waals surface area contributed by atoms with Crippen LogP contribution in [0.1, 0.15) is 12.8 Å². The Bertz CT molecular complexity index is 850. The van der Waals surface area contributed by atoms with Crippen molar-refractivity contribution in [1.29, 1.82) is 0 Å². The van der Waals surface area contributed by atoms with Crippen molar-refractivity contribution in [2.24, 2.45) is 5.92 Å². The second kappa shape index (κ2) is 7.26. The molecule has 0 aliphatic carbocycles. The van der Waals surface area contributed by atoms with Gasteiger partial charge < -0.3 is 4.90 Å². The minimum atomic E-state index is -0.139. The smallest absolute Gasteiger partial charge is 0.231 e. The van der Waals surface area contributed by atoms with Crippen molar-refractivity contribution in [2.45, 2.75) is 12.8 Å². The summed E-state index contributed by atoms with van der Waals surface area (Å²) in [6.07, 6.45) is 8.46. The number of anilines is 2. The number of rotatable bonds is 4. The molecule has 1 amide bonds. The Balaban J connectivity index is 1.42. The van der Waals surface area contributed by atoms with Crippen LogP contribution in [0.4, 0.5) is 11.8 Å². The first kappa shape index (κ1) is 16.1. The molecule has 26 heavy (non-hydrogen) atoms. The molecule has 1 unspecified atom stereocenters. The van der Waals surface area contributed by atoms with Crippen molar-refractivity contribution in [2.75, 3.05) is 23.3 Å². The molecule has 1 saturated heterocycles. The third-order valence-corrected chi connectivity index (χ3v) is 4.29. The minimum Gasteiger partial charge on any atom is -0.354 e. The first-order valence-corrected chi connectivity index (χ1v) is 8.46. The Hall–Kier alpha value is -3.36. The van der Waals surface area contributed by atoms with Gasteiger partial charge in [-0.1, -0.05) is 0 Å². The molecule has 3 aromatic heterocycles. The molecule has 1 atom stereocenters. The summed E-state index contributed by atoms with van der Waals surface area (Å²) in [4.78, 5) is 22.6. The predicted molar refractivity (Wildman–Crippen MR) is 94.8 cm³/mol. The highest BCUT2D eigenvalue weighted by atomic mass is 16.2. The molecule has 132 valence electrons. The number of carbonyl (C=O) groups excluding carboxylic acids is 1. The third-order valence-electron chi connectivity index (χ3n) is 4.29. The van der Waals surface area contributed by atoms with E-state index in [1.165, 1.54) is 0 Å². The van der Waals surface area contributed by atoms with Crippen molar-refractivity contribution in [3.63, 3.8) is 0 Å². The maximum atomic E-state index is 12.5. The van der Waals surface area contributed by atoms with E-state index in [0.717, 1.165) is 25.2 Å². The third kappa shape index (κ3) is 3.51. The standard InChI is InChI=1S/C17H18N8O/c26-16(21-17-18-7-2-8-19-17)13-4-1-10-24(12-13)14-5-6-15(23-22-14)25-11-3-9-20-25/h2-3,5-9,11,13H,1,4,10,12H2,(H,18,19,21,26). The van der Waals surface area contributed by atoms with Crippen LogP contribution in [-0.4, -0.2) is 48.9 Å². The van der Waals surface area contributed by atoms with E-state index in [2.05, 4.69) is 35.5 Å². The van der Waals surface area contributed by atoms with Crippen LogP contribution in [0, 0.1) is 5.92 Å². The van der Waals surface area contributed by atoms with Crippen LogP contribution in [0.25, 0.3) is 5.82 Å². The Labute approximate surface area is 150 Å². The molecular formula is C17H18N8O. The Morgan fingerprint density at radius 2 is 1.88 bits per heavy atom. The topological polar surface area (TPSA) is 102 Å². The monoisotopic (exact) mass is 350 g/mol. The zero-order valence-corrected chi connectivity index (χ0v) is 14.1. The van der Waals surface area contributed by atoms with Gasteiger partial charge in [-0.15, -0.1) is 10.2 Å². The van der Waals surface area contributed by atoms with Gasteiger partial charge in [0, 0.05) is 37.9 Å². The predicted octanol–water partition coefficient (Wildman–Crippen LogP) is 1.31. The van der Waals surface area contributed by atoms with E-state index in [4.69, 9.17) is 0 Å². The van der Waals surface area contributed by atoms with Crippen molar-refractivity contribution >= 4 is 17.7 Å². The molecule has 3 aromatic rings. The molecule has 9 nitrogen and oxygen atoms in total. The van der Waals surface area contributed by atoms with Crippen LogP contribution in [-0.2, 0) is 4.79 Å². The first-order valence-electron chi connectivity index (χ1n) is 8.46. The summed E-state index contributed by atoms with van der Waals surface area (Å²) in [6.45, 7) is 1.44. The van der Waals surface area contributed by atoms with Gasteiger partial charge in [0.05, 0.1) is 5.92 Å². The van der Waals surface area contributed by atoms with E-state index in [1.54, 1.807) is 29.3 Å². The van der Waals surface area contributed by atoms with Crippen LogP contribution in [0.2, 0.25) is 0 Å². The molecule has 1 aliphatic rings. The zero-order chi connectivity index (χ0) is 17.8. The number of nitrogens with zero attached hydrogens (tertiary/aromatic N) is 7. The van der Waals surface area contributed by atoms with Gasteiger partial charge in [-0.2, -0.15) is 5.10 Å². The average Bonchev–Trinajstić information content (AvgIpc) is 3.24. The molecule has 4 rings (SSSR count). The van der Waals surface area contributed by atoms with Crippen LogP contribution in [0.5, 0.6) is 0 Å². The van der Waals surface area contributed by atoms with Gasteiger partial charge >= 0.3 is 0 Å². The Morgan fingerprint density at radius 1 is 1.08 bits per heavy atom. The lowest BCUT2D eigenvalue weighted by atomic mass is 9.97. The van der Waals surface area contributed by atoms with Crippen LogP contribution in [0.3, 0.4) is 0 Å². The number of hydrogen-bond acceptors (Lipinski definition) is 7. The molecule has 1 aliphatic heterocycles. The molecular weight excluding hydrogens is 332 g/mol. The summed E-state index contributed by atoms with van der Waals surface area (Å²) < 4.78 is 1.66. The lowest BCUT2D eigenvalue weighted by Gasteiger charge is -2.32.